The smallest absolute Gasteiger partial charge is 0.357 e. The number of ether oxygens (including phenoxy) is 1. The average molecular weight is 472 g/mol. The molecule has 32 heavy (non-hydrogen) atoms. The van der Waals surface area contributed by atoms with Gasteiger partial charge in [-0.3, -0.25) is 10.1 Å². The number of anilines is 1. The van der Waals surface area contributed by atoms with Gasteiger partial charge in [0, 0.05) is 24.0 Å². The van der Waals surface area contributed by atoms with Crippen LogP contribution in [0.2, 0.25) is 0 Å². The molecule has 0 fully saturated rings. The van der Waals surface area contributed by atoms with Crippen LogP contribution in [0.1, 0.15) is 38.9 Å². The number of fused-ring (bicyclic) bond motifs is 1. The average Bonchev–Trinajstić information content (AvgIpc) is 3.27. The van der Waals surface area contributed by atoms with Gasteiger partial charge in [0.1, 0.15) is 0 Å². The van der Waals surface area contributed by atoms with Crippen LogP contribution < -0.4 is 5.32 Å². The molecular weight excluding hydrogens is 450 g/mol. The number of nitrogens with zero attached hydrogens (tertiary/aromatic N) is 2. The van der Waals surface area contributed by atoms with Gasteiger partial charge in [-0.25, -0.2) is 18.2 Å². The number of sulfonamides is 1. The van der Waals surface area contributed by atoms with Crippen molar-refractivity contribution in [2.24, 2.45) is 0 Å². The van der Waals surface area contributed by atoms with Gasteiger partial charge in [0.2, 0.25) is 10.0 Å². The molecular formula is C22H21N3O5S2. The van der Waals surface area contributed by atoms with Crippen LogP contribution >= 0.6 is 11.3 Å². The van der Waals surface area contributed by atoms with E-state index in [1.165, 1.54) is 39.5 Å². The van der Waals surface area contributed by atoms with Crippen LogP contribution in [-0.2, 0) is 27.7 Å². The highest BCUT2D eigenvalue weighted by Gasteiger charge is 2.28. The predicted molar refractivity (Wildman–Crippen MR) is 120 cm³/mol. The first-order chi connectivity index (χ1) is 15.4. The molecule has 2 heterocycles. The van der Waals surface area contributed by atoms with Crippen LogP contribution in [0.15, 0.2) is 58.8 Å². The van der Waals surface area contributed by atoms with Gasteiger partial charge in [-0.2, -0.15) is 4.31 Å². The zero-order chi connectivity index (χ0) is 22.7. The van der Waals surface area contributed by atoms with E-state index in [1.807, 2.05) is 24.3 Å². The molecule has 3 aromatic rings. The van der Waals surface area contributed by atoms with Crippen molar-refractivity contribution in [3.63, 3.8) is 0 Å². The number of rotatable bonds is 6. The van der Waals surface area contributed by atoms with Crippen LogP contribution in [-0.4, -0.2) is 42.7 Å². The van der Waals surface area contributed by atoms with Crippen LogP contribution in [0.4, 0.5) is 5.13 Å². The largest absolute Gasteiger partial charge is 0.461 e. The molecule has 1 aliphatic rings. The molecule has 1 aliphatic heterocycles. The highest BCUT2D eigenvalue weighted by atomic mass is 32.2. The van der Waals surface area contributed by atoms with Gasteiger partial charge >= 0.3 is 5.97 Å². The van der Waals surface area contributed by atoms with E-state index in [1.54, 1.807) is 6.92 Å². The van der Waals surface area contributed by atoms with E-state index >= 15 is 0 Å². The molecule has 0 bridgehead atoms. The molecule has 0 radical (unpaired) electrons. The maximum Gasteiger partial charge on any atom is 0.357 e. The third kappa shape index (κ3) is 4.57. The molecule has 0 atom stereocenters. The van der Waals surface area contributed by atoms with Crippen molar-refractivity contribution in [1.82, 2.24) is 9.29 Å². The van der Waals surface area contributed by atoms with Crippen molar-refractivity contribution in [3.8, 4) is 0 Å². The molecule has 0 spiro atoms. The van der Waals surface area contributed by atoms with Crippen LogP contribution in [0.25, 0.3) is 0 Å². The van der Waals surface area contributed by atoms with Gasteiger partial charge in [-0.05, 0) is 48.7 Å². The Kier molecular flexibility index (Phi) is 6.35. The maximum atomic E-state index is 13.1. The zero-order valence-corrected chi connectivity index (χ0v) is 18.9. The van der Waals surface area contributed by atoms with Crippen molar-refractivity contribution >= 4 is 38.4 Å². The highest BCUT2D eigenvalue weighted by Crippen LogP contribution is 2.25. The van der Waals surface area contributed by atoms with Crippen LogP contribution in [0, 0.1) is 0 Å². The van der Waals surface area contributed by atoms with Crippen molar-refractivity contribution in [2.45, 2.75) is 24.8 Å². The van der Waals surface area contributed by atoms with Gasteiger partial charge in [0.25, 0.3) is 5.91 Å². The van der Waals surface area contributed by atoms with Gasteiger partial charge in [-0.15, -0.1) is 11.3 Å². The summed E-state index contributed by atoms with van der Waals surface area (Å²) < 4.78 is 32.5. The molecule has 166 valence electrons. The van der Waals surface area contributed by atoms with Crippen molar-refractivity contribution in [3.05, 3.63) is 76.3 Å². The van der Waals surface area contributed by atoms with Gasteiger partial charge in [-0.1, -0.05) is 24.3 Å². The minimum Gasteiger partial charge on any atom is -0.461 e. The second-order valence-corrected chi connectivity index (χ2v) is 9.89. The summed E-state index contributed by atoms with van der Waals surface area (Å²) in [6.45, 7) is 2.67. The number of aromatic nitrogens is 1. The Morgan fingerprint density at radius 2 is 1.84 bits per heavy atom. The summed E-state index contributed by atoms with van der Waals surface area (Å²) in [5, 5.41) is 4.36. The zero-order valence-electron chi connectivity index (χ0n) is 17.3. The third-order valence-electron chi connectivity index (χ3n) is 5.06. The maximum absolute atomic E-state index is 13.1. The molecule has 0 saturated heterocycles. The standard InChI is InChI=1S/C22H21N3O5S2/c1-2-30-21(27)19-14-31-22(23-19)24-20(26)16-7-9-18(10-8-16)32(28,29)25-12-11-15-5-3-4-6-17(15)13-25/h3-10,14H,2,11-13H2,1H3,(H,23,24,26). The molecule has 1 amide bonds. The molecule has 4 rings (SSSR count). The van der Waals surface area contributed by atoms with Crippen molar-refractivity contribution in [2.75, 3.05) is 18.5 Å². The van der Waals surface area contributed by atoms with E-state index in [2.05, 4.69) is 10.3 Å². The minimum absolute atomic E-state index is 0.122. The second kappa shape index (κ2) is 9.19. The Morgan fingerprint density at radius 1 is 1.12 bits per heavy atom. The Labute approximate surface area is 189 Å². The van der Waals surface area contributed by atoms with Gasteiger partial charge in [0.05, 0.1) is 11.5 Å². The molecule has 1 aromatic heterocycles. The minimum atomic E-state index is -3.68. The normalized spacial score (nSPS) is 13.9. The summed E-state index contributed by atoms with van der Waals surface area (Å²) in [7, 11) is -3.68. The number of carbonyl (C=O) groups excluding carboxylic acids is 2. The molecule has 2 aromatic carbocycles. The number of thiazole rings is 1. The Balaban J connectivity index is 1.44. The lowest BCUT2D eigenvalue weighted by molar-refractivity contribution is 0.0520. The monoisotopic (exact) mass is 471 g/mol. The molecule has 1 N–H and O–H groups in total. The fourth-order valence-electron chi connectivity index (χ4n) is 3.40. The second-order valence-electron chi connectivity index (χ2n) is 7.09. The quantitative estimate of drug-likeness (QED) is 0.553. The van der Waals surface area contributed by atoms with E-state index in [4.69, 9.17) is 4.74 Å². The molecule has 0 saturated carbocycles. The highest BCUT2D eigenvalue weighted by molar-refractivity contribution is 7.89. The van der Waals surface area contributed by atoms with E-state index in [0.717, 1.165) is 16.9 Å². The lowest BCUT2D eigenvalue weighted by Gasteiger charge is -2.28. The fourth-order valence-corrected chi connectivity index (χ4v) is 5.50. The number of nitrogens with one attached hydrogen (secondary N) is 1. The van der Waals surface area contributed by atoms with Crippen LogP contribution in [0.5, 0.6) is 0 Å². The Hall–Kier alpha value is -3.08. The van der Waals surface area contributed by atoms with Crippen LogP contribution in [0.3, 0.4) is 0 Å². The fraction of sp³-hybridized carbons (Fsp3) is 0.227. The van der Waals surface area contributed by atoms with Crippen molar-refractivity contribution < 1.29 is 22.7 Å². The lowest BCUT2D eigenvalue weighted by Crippen LogP contribution is -2.35. The first-order valence-electron chi connectivity index (χ1n) is 9.99. The van der Waals surface area contributed by atoms with E-state index in [0.29, 0.717) is 19.5 Å². The molecule has 0 aliphatic carbocycles. The van der Waals surface area contributed by atoms with E-state index in [-0.39, 0.29) is 27.9 Å². The number of benzene rings is 2. The van der Waals surface area contributed by atoms with Crippen molar-refractivity contribution in [1.29, 1.82) is 0 Å². The summed E-state index contributed by atoms with van der Waals surface area (Å²) in [5.74, 6) is -1.01. The molecule has 8 nitrogen and oxygen atoms in total. The number of hydrogen-bond acceptors (Lipinski definition) is 7. The lowest BCUT2D eigenvalue weighted by atomic mass is 10.0. The van der Waals surface area contributed by atoms with E-state index < -0.39 is 21.9 Å². The summed E-state index contributed by atoms with van der Waals surface area (Å²) in [6.07, 6.45) is 0.664. The Bertz CT molecular complexity index is 1250. The van der Waals surface area contributed by atoms with Gasteiger partial charge < -0.3 is 4.74 Å². The number of carbonyl (C=O) groups is 2. The first kappa shape index (κ1) is 22.1. The summed E-state index contributed by atoms with van der Waals surface area (Å²) in [4.78, 5) is 28.4. The topological polar surface area (TPSA) is 106 Å². The third-order valence-corrected chi connectivity index (χ3v) is 7.68. The number of esters is 1. The summed E-state index contributed by atoms with van der Waals surface area (Å²) in [5.41, 5.74) is 2.57. The molecule has 10 heteroatoms. The summed E-state index contributed by atoms with van der Waals surface area (Å²) >= 11 is 1.10. The molecule has 0 unspecified atom stereocenters. The SMILES string of the molecule is CCOC(=O)c1csc(NC(=O)c2ccc(S(=O)(=O)N3CCc4ccccc4C3)cc2)n1. The van der Waals surface area contributed by atoms with E-state index in [9.17, 15) is 18.0 Å². The predicted octanol–water partition coefficient (Wildman–Crippen LogP) is 3.32. The Morgan fingerprint density at radius 3 is 2.56 bits per heavy atom. The van der Waals surface area contributed by atoms with Gasteiger partial charge in [0.15, 0.2) is 10.8 Å². The summed E-state index contributed by atoms with van der Waals surface area (Å²) in [6, 6.07) is 13.6. The number of hydrogen-bond donors (Lipinski definition) is 1. The number of amides is 1. The first-order valence-corrected chi connectivity index (χ1v) is 12.3.